The topological polar surface area (TPSA) is 33.1 Å². The molecule has 0 aliphatic carbocycles. The van der Waals surface area contributed by atoms with E-state index >= 15 is 0 Å². The second-order valence-corrected chi connectivity index (χ2v) is 5.15. The molecule has 1 unspecified atom stereocenters. The molecule has 2 aromatic rings. The first kappa shape index (κ1) is 12.4. The van der Waals surface area contributed by atoms with Crippen molar-refractivity contribution in [3.05, 3.63) is 48.3 Å². The second-order valence-electron chi connectivity index (χ2n) is 5.15. The molecule has 1 N–H and O–H groups in total. The molecule has 4 nitrogen and oxygen atoms in total. The van der Waals surface area contributed by atoms with E-state index in [0.717, 1.165) is 31.9 Å². The van der Waals surface area contributed by atoms with Crippen LogP contribution in [0.5, 0.6) is 0 Å². The predicted octanol–water partition coefficient (Wildman–Crippen LogP) is 1.67. The molecule has 0 amide bonds. The van der Waals surface area contributed by atoms with Crippen molar-refractivity contribution in [1.82, 2.24) is 20.0 Å². The maximum Gasteiger partial charge on any atom is 0.0645 e. The number of benzene rings is 1. The van der Waals surface area contributed by atoms with Crippen molar-refractivity contribution < 1.29 is 0 Å². The van der Waals surface area contributed by atoms with Gasteiger partial charge in [-0.2, -0.15) is 5.10 Å². The summed E-state index contributed by atoms with van der Waals surface area (Å²) in [7, 11) is 0. The molecule has 1 aliphatic heterocycles. The molecule has 0 radical (unpaired) electrons. The third kappa shape index (κ3) is 2.85. The predicted molar refractivity (Wildman–Crippen MR) is 76.3 cm³/mol. The Morgan fingerprint density at radius 3 is 2.95 bits per heavy atom. The smallest absolute Gasteiger partial charge is 0.0645 e. The molecule has 1 saturated heterocycles. The highest BCUT2D eigenvalue weighted by Gasteiger charge is 2.18. The Morgan fingerprint density at radius 1 is 1.32 bits per heavy atom. The number of hydrogen-bond donors (Lipinski definition) is 1. The number of hydrogen-bond acceptors (Lipinski definition) is 3. The van der Waals surface area contributed by atoms with E-state index in [-0.39, 0.29) is 0 Å². The zero-order valence-corrected chi connectivity index (χ0v) is 11.3. The van der Waals surface area contributed by atoms with Crippen LogP contribution in [0.4, 0.5) is 0 Å². The lowest BCUT2D eigenvalue weighted by Gasteiger charge is -2.33. The maximum atomic E-state index is 4.45. The highest BCUT2D eigenvalue weighted by atomic mass is 15.3. The van der Waals surface area contributed by atoms with E-state index in [9.17, 15) is 0 Å². The number of piperazine rings is 1. The third-order valence-electron chi connectivity index (χ3n) is 3.68. The van der Waals surface area contributed by atoms with Crippen LogP contribution < -0.4 is 5.32 Å². The van der Waals surface area contributed by atoms with E-state index in [2.05, 4.69) is 40.6 Å². The molecule has 100 valence electrons. The van der Waals surface area contributed by atoms with Crippen molar-refractivity contribution in [2.45, 2.75) is 19.5 Å². The van der Waals surface area contributed by atoms with Crippen LogP contribution in [0, 0.1) is 0 Å². The van der Waals surface area contributed by atoms with Gasteiger partial charge in [0.1, 0.15) is 0 Å². The monoisotopic (exact) mass is 256 g/mol. The van der Waals surface area contributed by atoms with Gasteiger partial charge in [0.25, 0.3) is 0 Å². The van der Waals surface area contributed by atoms with E-state index in [0.29, 0.717) is 6.04 Å². The summed E-state index contributed by atoms with van der Waals surface area (Å²) in [4.78, 5) is 2.50. The largest absolute Gasteiger partial charge is 0.314 e. The molecule has 1 fully saturated rings. The standard InChI is InChI=1S/C15H20N4/c1-13-9-16-7-8-18(13)11-14-10-17-19(12-14)15-5-3-2-4-6-15/h2-6,10,12-13,16H,7-9,11H2,1H3. The summed E-state index contributed by atoms with van der Waals surface area (Å²) in [5.74, 6) is 0. The molecule has 1 aromatic carbocycles. The molecule has 0 spiro atoms. The van der Waals surface area contributed by atoms with Gasteiger partial charge in [-0.1, -0.05) is 18.2 Å². The summed E-state index contributed by atoms with van der Waals surface area (Å²) in [6.07, 6.45) is 4.10. The van der Waals surface area contributed by atoms with Crippen molar-refractivity contribution in [1.29, 1.82) is 0 Å². The summed E-state index contributed by atoms with van der Waals surface area (Å²) < 4.78 is 1.95. The quantitative estimate of drug-likeness (QED) is 0.907. The minimum Gasteiger partial charge on any atom is -0.314 e. The van der Waals surface area contributed by atoms with Gasteiger partial charge in [0.05, 0.1) is 11.9 Å². The average molecular weight is 256 g/mol. The van der Waals surface area contributed by atoms with Crippen molar-refractivity contribution in [2.24, 2.45) is 0 Å². The van der Waals surface area contributed by atoms with Gasteiger partial charge >= 0.3 is 0 Å². The molecule has 4 heteroatoms. The minimum absolute atomic E-state index is 0.592. The SMILES string of the molecule is CC1CNCCN1Cc1cnn(-c2ccccc2)c1. The van der Waals surface area contributed by atoms with Gasteiger partial charge in [0, 0.05) is 44.0 Å². The zero-order valence-electron chi connectivity index (χ0n) is 11.3. The molecule has 2 heterocycles. The van der Waals surface area contributed by atoms with Gasteiger partial charge in [-0.15, -0.1) is 0 Å². The summed E-state index contributed by atoms with van der Waals surface area (Å²) in [6, 6.07) is 10.8. The number of aromatic nitrogens is 2. The van der Waals surface area contributed by atoms with Crippen LogP contribution in [0.3, 0.4) is 0 Å². The number of nitrogens with one attached hydrogen (secondary N) is 1. The molecular formula is C15H20N4. The van der Waals surface area contributed by atoms with Crippen molar-refractivity contribution >= 4 is 0 Å². The molecule has 1 aliphatic rings. The van der Waals surface area contributed by atoms with E-state index in [4.69, 9.17) is 0 Å². The fraction of sp³-hybridized carbons (Fsp3) is 0.400. The summed E-state index contributed by atoms with van der Waals surface area (Å²) >= 11 is 0. The molecular weight excluding hydrogens is 236 g/mol. The van der Waals surface area contributed by atoms with Gasteiger partial charge in [-0.25, -0.2) is 4.68 Å². The lowest BCUT2D eigenvalue weighted by molar-refractivity contribution is 0.165. The Hall–Kier alpha value is -1.65. The second kappa shape index (κ2) is 5.55. The van der Waals surface area contributed by atoms with Crippen molar-refractivity contribution in [2.75, 3.05) is 19.6 Å². The normalized spacial score (nSPS) is 20.6. The molecule has 19 heavy (non-hydrogen) atoms. The van der Waals surface area contributed by atoms with Crippen LogP contribution in [0.1, 0.15) is 12.5 Å². The molecule has 1 aromatic heterocycles. The van der Waals surface area contributed by atoms with Gasteiger partial charge in [-0.05, 0) is 19.1 Å². The van der Waals surface area contributed by atoms with E-state index < -0.39 is 0 Å². The fourth-order valence-corrected chi connectivity index (χ4v) is 2.52. The Kier molecular flexibility index (Phi) is 3.62. The van der Waals surface area contributed by atoms with Crippen LogP contribution in [-0.4, -0.2) is 40.4 Å². The summed E-state index contributed by atoms with van der Waals surface area (Å²) in [6.45, 7) is 6.52. The third-order valence-corrected chi connectivity index (χ3v) is 3.68. The zero-order chi connectivity index (χ0) is 13.1. The lowest BCUT2D eigenvalue weighted by Crippen LogP contribution is -2.49. The molecule has 3 rings (SSSR count). The van der Waals surface area contributed by atoms with Gasteiger partial charge < -0.3 is 5.32 Å². The van der Waals surface area contributed by atoms with Crippen LogP contribution in [0.15, 0.2) is 42.7 Å². The van der Waals surface area contributed by atoms with Gasteiger partial charge in [-0.3, -0.25) is 4.90 Å². The lowest BCUT2D eigenvalue weighted by atomic mass is 10.2. The molecule has 1 atom stereocenters. The number of nitrogens with zero attached hydrogens (tertiary/aromatic N) is 3. The highest BCUT2D eigenvalue weighted by molar-refractivity contribution is 5.30. The van der Waals surface area contributed by atoms with Crippen LogP contribution in [0.25, 0.3) is 5.69 Å². The average Bonchev–Trinajstić information content (AvgIpc) is 2.91. The minimum atomic E-state index is 0.592. The van der Waals surface area contributed by atoms with Crippen LogP contribution >= 0.6 is 0 Å². The van der Waals surface area contributed by atoms with Crippen molar-refractivity contribution in [3.8, 4) is 5.69 Å². The molecule has 0 saturated carbocycles. The Bertz CT molecular complexity index is 520. The first-order valence-electron chi connectivity index (χ1n) is 6.86. The Labute approximate surface area is 114 Å². The first-order chi connectivity index (χ1) is 9.33. The fourth-order valence-electron chi connectivity index (χ4n) is 2.52. The van der Waals surface area contributed by atoms with E-state index in [1.54, 1.807) is 0 Å². The maximum absolute atomic E-state index is 4.45. The Morgan fingerprint density at radius 2 is 2.16 bits per heavy atom. The summed E-state index contributed by atoms with van der Waals surface area (Å²) in [5, 5.41) is 7.87. The molecule has 0 bridgehead atoms. The number of rotatable bonds is 3. The van der Waals surface area contributed by atoms with Crippen LogP contribution in [0.2, 0.25) is 0 Å². The van der Waals surface area contributed by atoms with E-state index in [1.165, 1.54) is 5.56 Å². The van der Waals surface area contributed by atoms with E-state index in [1.807, 2.05) is 29.1 Å². The van der Waals surface area contributed by atoms with Crippen LogP contribution in [-0.2, 0) is 6.54 Å². The summed E-state index contributed by atoms with van der Waals surface area (Å²) in [5.41, 5.74) is 2.39. The van der Waals surface area contributed by atoms with Gasteiger partial charge in [0.2, 0.25) is 0 Å². The highest BCUT2D eigenvalue weighted by Crippen LogP contribution is 2.12. The van der Waals surface area contributed by atoms with Gasteiger partial charge in [0.15, 0.2) is 0 Å². The number of para-hydroxylation sites is 1. The van der Waals surface area contributed by atoms with Crippen molar-refractivity contribution in [3.63, 3.8) is 0 Å². The first-order valence-corrected chi connectivity index (χ1v) is 6.86. The Balaban J connectivity index is 1.71.